The van der Waals surface area contributed by atoms with Gasteiger partial charge in [0.15, 0.2) is 0 Å². The van der Waals surface area contributed by atoms with Gasteiger partial charge in [0.25, 0.3) is 0 Å². The molecule has 0 fully saturated rings. The molecule has 0 saturated carbocycles. The molecule has 1 heterocycles. The summed E-state index contributed by atoms with van der Waals surface area (Å²) in [5.74, 6) is 1.17. The first kappa shape index (κ1) is 15.5. The fourth-order valence-corrected chi connectivity index (χ4v) is 2.45. The van der Waals surface area contributed by atoms with E-state index in [1.807, 2.05) is 24.0 Å². The van der Waals surface area contributed by atoms with Gasteiger partial charge < -0.3 is 5.11 Å². The molecular formula is C14H24N2OS. The van der Waals surface area contributed by atoms with Crippen LogP contribution in [-0.4, -0.2) is 46.2 Å². The summed E-state index contributed by atoms with van der Waals surface area (Å²) < 4.78 is 0. The van der Waals surface area contributed by atoms with Crippen molar-refractivity contribution in [1.29, 1.82) is 0 Å². The number of hydrogen-bond donors (Lipinski definition) is 1. The van der Waals surface area contributed by atoms with Crippen molar-refractivity contribution in [3.8, 4) is 0 Å². The summed E-state index contributed by atoms with van der Waals surface area (Å²) >= 11 is 1.88. The number of aliphatic hydroxyl groups is 1. The third-order valence-electron chi connectivity index (χ3n) is 3.10. The Bertz CT molecular complexity index is 304. The highest BCUT2D eigenvalue weighted by atomic mass is 32.2. The van der Waals surface area contributed by atoms with E-state index in [9.17, 15) is 5.11 Å². The van der Waals surface area contributed by atoms with Crippen LogP contribution in [0.15, 0.2) is 24.5 Å². The first-order chi connectivity index (χ1) is 8.81. The molecule has 1 rings (SSSR count). The minimum absolute atomic E-state index is 0.232. The SMILES string of the molecule is CC[C@H](CO)N(CCCSC)Cc1cccnc1. The van der Waals surface area contributed by atoms with Gasteiger partial charge >= 0.3 is 0 Å². The van der Waals surface area contributed by atoms with E-state index in [0.29, 0.717) is 0 Å². The molecule has 3 nitrogen and oxygen atoms in total. The average molecular weight is 268 g/mol. The highest BCUT2D eigenvalue weighted by molar-refractivity contribution is 7.98. The number of pyridine rings is 1. The van der Waals surface area contributed by atoms with Gasteiger partial charge in [0.2, 0.25) is 0 Å². The third kappa shape index (κ3) is 5.38. The Hall–Kier alpha value is -0.580. The van der Waals surface area contributed by atoms with Gasteiger partial charge in [-0.1, -0.05) is 13.0 Å². The molecule has 102 valence electrons. The Morgan fingerprint density at radius 1 is 1.50 bits per heavy atom. The summed E-state index contributed by atoms with van der Waals surface area (Å²) in [7, 11) is 0. The molecule has 0 aliphatic heterocycles. The lowest BCUT2D eigenvalue weighted by atomic mass is 10.1. The molecule has 1 aromatic rings. The fraction of sp³-hybridized carbons (Fsp3) is 0.643. The van der Waals surface area contributed by atoms with Gasteiger partial charge in [0.1, 0.15) is 0 Å². The van der Waals surface area contributed by atoms with Crippen molar-refractivity contribution in [2.24, 2.45) is 0 Å². The molecule has 18 heavy (non-hydrogen) atoms. The van der Waals surface area contributed by atoms with Gasteiger partial charge in [0.05, 0.1) is 6.61 Å². The second kappa shape index (κ2) is 9.36. The Kier molecular flexibility index (Phi) is 8.05. The number of nitrogens with zero attached hydrogens (tertiary/aromatic N) is 2. The standard InChI is InChI=1S/C14H24N2OS/c1-3-14(12-17)16(8-5-9-18-2)11-13-6-4-7-15-10-13/h4,6-7,10,14,17H,3,5,8-9,11-12H2,1-2H3/t14-/m1/s1. The van der Waals surface area contributed by atoms with E-state index in [-0.39, 0.29) is 12.6 Å². The average Bonchev–Trinajstić information content (AvgIpc) is 2.41. The van der Waals surface area contributed by atoms with Crippen molar-refractivity contribution in [3.63, 3.8) is 0 Å². The van der Waals surface area contributed by atoms with Gasteiger partial charge in [-0.05, 0) is 43.0 Å². The monoisotopic (exact) mass is 268 g/mol. The number of hydrogen-bond acceptors (Lipinski definition) is 4. The molecule has 1 aromatic heterocycles. The van der Waals surface area contributed by atoms with E-state index in [0.717, 1.165) is 25.9 Å². The fourth-order valence-electron chi connectivity index (χ4n) is 2.03. The van der Waals surface area contributed by atoms with Crippen molar-refractivity contribution in [1.82, 2.24) is 9.88 Å². The lowest BCUT2D eigenvalue weighted by molar-refractivity contribution is 0.113. The molecule has 0 unspecified atom stereocenters. The zero-order valence-electron chi connectivity index (χ0n) is 11.4. The first-order valence-corrected chi connectivity index (χ1v) is 7.94. The second-order valence-electron chi connectivity index (χ2n) is 4.42. The molecule has 4 heteroatoms. The normalized spacial score (nSPS) is 12.9. The lowest BCUT2D eigenvalue weighted by Crippen LogP contribution is -2.38. The van der Waals surface area contributed by atoms with Gasteiger partial charge in [-0.15, -0.1) is 0 Å². The summed E-state index contributed by atoms with van der Waals surface area (Å²) in [6.45, 7) is 4.28. The number of rotatable bonds is 9. The van der Waals surface area contributed by atoms with Crippen LogP contribution in [0.1, 0.15) is 25.3 Å². The maximum atomic E-state index is 9.47. The molecule has 0 aromatic carbocycles. The van der Waals surface area contributed by atoms with E-state index < -0.39 is 0 Å². The van der Waals surface area contributed by atoms with Crippen molar-refractivity contribution in [3.05, 3.63) is 30.1 Å². The molecule has 0 amide bonds. The van der Waals surface area contributed by atoms with Crippen LogP contribution >= 0.6 is 11.8 Å². The maximum absolute atomic E-state index is 9.47. The van der Waals surface area contributed by atoms with Crippen LogP contribution in [-0.2, 0) is 6.54 Å². The molecule has 0 spiro atoms. The number of thioether (sulfide) groups is 1. The maximum Gasteiger partial charge on any atom is 0.0586 e. The largest absolute Gasteiger partial charge is 0.395 e. The van der Waals surface area contributed by atoms with Crippen molar-refractivity contribution >= 4 is 11.8 Å². The van der Waals surface area contributed by atoms with E-state index in [1.165, 1.54) is 11.3 Å². The van der Waals surface area contributed by atoms with Gasteiger partial charge in [-0.25, -0.2) is 0 Å². The minimum Gasteiger partial charge on any atom is -0.395 e. The second-order valence-corrected chi connectivity index (χ2v) is 5.41. The topological polar surface area (TPSA) is 36.4 Å². The predicted molar refractivity (Wildman–Crippen MR) is 78.8 cm³/mol. The van der Waals surface area contributed by atoms with Crippen LogP contribution in [0, 0.1) is 0 Å². The Labute approximate surface area is 115 Å². The van der Waals surface area contributed by atoms with Crippen molar-refractivity contribution in [2.75, 3.05) is 25.2 Å². The number of aromatic nitrogens is 1. The molecule has 0 radical (unpaired) electrons. The Balaban J connectivity index is 2.58. The Morgan fingerprint density at radius 3 is 2.89 bits per heavy atom. The zero-order chi connectivity index (χ0) is 13.2. The van der Waals surface area contributed by atoms with Gasteiger partial charge in [-0.3, -0.25) is 9.88 Å². The van der Waals surface area contributed by atoms with E-state index in [1.54, 1.807) is 6.20 Å². The molecule has 0 bridgehead atoms. The van der Waals surface area contributed by atoms with Gasteiger partial charge in [0, 0.05) is 25.0 Å². The highest BCUT2D eigenvalue weighted by Gasteiger charge is 2.15. The van der Waals surface area contributed by atoms with Crippen LogP contribution in [0.5, 0.6) is 0 Å². The molecule has 1 atom stereocenters. The highest BCUT2D eigenvalue weighted by Crippen LogP contribution is 2.11. The van der Waals surface area contributed by atoms with Crippen molar-refractivity contribution in [2.45, 2.75) is 32.4 Å². The number of aliphatic hydroxyl groups excluding tert-OH is 1. The van der Waals surface area contributed by atoms with Crippen LogP contribution in [0.25, 0.3) is 0 Å². The molecule has 1 N–H and O–H groups in total. The Morgan fingerprint density at radius 2 is 2.33 bits per heavy atom. The zero-order valence-corrected chi connectivity index (χ0v) is 12.2. The summed E-state index contributed by atoms with van der Waals surface area (Å²) in [5.41, 5.74) is 1.22. The third-order valence-corrected chi connectivity index (χ3v) is 3.80. The van der Waals surface area contributed by atoms with Gasteiger partial charge in [-0.2, -0.15) is 11.8 Å². The predicted octanol–water partition coefficient (Wildman–Crippen LogP) is 2.41. The molecule has 0 saturated heterocycles. The summed E-state index contributed by atoms with van der Waals surface area (Å²) in [6, 6.07) is 4.32. The van der Waals surface area contributed by atoms with Crippen LogP contribution in [0.2, 0.25) is 0 Å². The minimum atomic E-state index is 0.232. The smallest absolute Gasteiger partial charge is 0.0586 e. The van der Waals surface area contributed by atoms with Crippen LogP contribution in [0.3, 0.4) is 0 Å². The first-order valence-electron chi connectivity index (χ1n) is 6.54. The summed E-state index contributed by atoms with van der Waals surface area (Å²) in [5, 5.41) is 9.47. The quantitative estimate of drug-likeness (QED) is 0.698. The van der Waals surface area contributed by atoms with Crippen LogP contribution in [0.4, 0.5) is 0 Å². The molecule has 0 aliphatic carbocycles. The lowest BCUT2D eigenvalue weighted by Gasteiger charge is -2.29. The van der Waals surface area contributed by atoms with E-state index >= 15 is 0 Å². The molecular weight excluding hydrogens is 244 g/mol. The van der Waals surface area contributed by atoms with E-state index in [2.05, 4.69) is 29.1 Å². The molecule has 0 aliphatic rings. The van der Waals surface area contributed by atoms with Crippen LogP contribution < -0.4 is 0 Å². The van der Waals surface area contributed by atoms with Crippen molar-refractivity contribution < 1.29 is 5.11 Å². The summed E-state index contributed by atoms with van der Waals surface area (Å²) in [4.78, 5) is 6.52. The summed E-state index contributed by atoms with van der Waals surface area (Å²) in [6.07, 6.45) is 7.99. The van der Waals surface area contributed by atoms with E-state index in [4.69, 9.17) is 0 Å².